The van der Waals surface area contributed by atoms with Gasteiger partial charge in [0.05, 0.1) is 49.5 Å². The summed E-state index contributed by atoms with van der Waals surface area (Å²) in [4.78, 5) is 63.0. The number of anilines is 1. The monoisotopic (exact) mass is 960 g/mol. The molecule has 0 heterocycles. The van der Waals surface area contributed by atoms with Crippen LogP contribution in [0.5, 0.6) is 28.7 Å². The van der Waals surface area contributed by atoms with Crippen LogP contribution < -0.4 is 29.1 Å². The lowest BCUT2D eigenvalue weighted by Crippen LogP contribution is -2.13. The molecule has 0 amide bonds. The topological polar surface area (TPSA) is 174 Å². The molecule has 0 spiro atoms. The number of nitrogens with zero attached hydrogens (tertiary/aromatic N) is 1. The van der Waals surface area contributed by atoms with Crippen LogP contribution >= 0.6 is 0 Å². The second-order valence-electron chi connectivity index (χ2n) is 16.2. The summed E-state index contributed by atoms with van der Waals surface area (Å²) >= 11 is 0. The standard InChI is InChI=1S/C57H56N2O12/c1-5-52(60)67-34-15-9-7-13-32-65-44-26-22-41(23-27-44)56(63)70-51-36-43(38-58-59-50-21-17-19-40-18-11-12-20-47(40)50)54(48-31-30-46(37-49(48)51)69-55(62)39(3)4)71-57(64)42-24-28-45(29-25-42)66-33-14-8-10-16-35-68-53(61)6-2/h5-6,11-12,17-31,36-38,59H,1-3,7-10,13-16,32-35H2,4H3/b58-38+. The van der Waals surface area contributed by atoms with Gasteiger partial charge in [-0.25, -0.2) is 24.0 Å². The van der Waals surface area contributed by atoms with E-state index in [-0.39, 0.29) is 44.9 Å². The number of carbonyl (C=O) groups is 5. The Labute approximate surface area is 412 Å². The zero-order valence-corrected chi connectivity index (χ0v) is 39.7. The molecule has 0 aromatic heterocycles. The molecule has 0 saturated carbocycles. The van der Waals surface area contributed by atoms with Crippen LogP contribution in [0.1, 0.15) is 84.6 Å². The highest BCUT2D eigenvalue weighted by atomic mass is 16.6. The minimum atomic E-state index is -0.699. The third kappa shape index (κ3) is 15.8. The fourth-order valence-electron chi connectivity index (χ4n) is 7.06. The Morgan fingerprint density at radius 1 is 0.549 bits per heavy atom. The quantitative estimate of drug-likeness (QED) is 0.0129. The van der Waals surface area contributed by atoms with Crippen molar-refractivity contribution in [2.45, 2.75) is 58.3 Å². The van der Waals surface area contributed by atoms with E-state index in [4.69, 9.17) is 33.2 Å². The number of unbranched alkanes of at least 4 members (excludes halogenated alkanes) is 6. The molecule has 0 aliphatic rings. The summed E-state index contributed by atoms with van der Waals surface area (Å²) in [5.74, 6) is -1.52. The third-order valence-electron chi connectivity index (χ3n) is 10.8. The second kappa shape index (κ2) is 26.9. The molecule has 14 heteroatoms. The number of ether oxygens (including phenoxy) is 7. The predicted molar refractivity (Wildman–Crippen MR) is 273 cm³/mol. The van der Waals surface area contributed by atoms with Crippen molar-refractivity contribution in [1.29, 1.82) is 0 Å². The number of rotatable bonds is 27. The molecule has 0 atom stereocenters. The van der Waals surface area contributed by atoms with Crippen molar-refractivity contribution < 1.29 is 57.1 Å². The molecular weight excluding hydrogens is 905 g/mol. The Kier molecular flexibility index (Phi) is 19.6. The Morgan fingerprint density at radius 3 is 1.66 bits per heavy atom. The number of hydrazone groups is 1. The van der Waals surface area contributed by atoms with Crippen LogP contribution in [0.25, 0.3) is 21.5 Å². The van der Waals surface area contributed by atoms with Gasteiger partial charge in [-0.05, 0) is 143 Å². The molecular formula is C57H56N2O12. The summed E-state index contributed by atoms with van der Waals surface area (Å²) in [6.07, 6.45) is 10.3. The minimum absolute atomic E-state index is 0.0573. The number of carbonyl (C=O) groups excluding carboxylic acids is 5. The van der Waals surface area contributed by atoms with E-state index in [1.807, 2.05) is 42.5 Å². The molecule has 1 N–H and O–H groups in total. The van der Waals surface area contributed by atoms with Crippen LogP contribution in [0.15, 0.2) is 158 Å². The molecule has 0 saturated heterocycles. The first-order valence-electron chi connectivity index (χ1n) is 23.3. The maximum Gasteiger partial charge on any atom is 0.343 e. The average Bonchev–Trinajstić information content (AvgIpc) is 3.38. The molecule has 366 valence electrons. The normalized spacial score (nSPS) is 10.8. The van der Waals surface area contributed by atoms with Crippen LogP contribution in [-0.2, 0) is 23.9 Å². The Bertz CT molecular complexity index is 2880. The average molecular weight is 961 g/mol. The molecule has 14 nitrogen and oxygen atoms in total. The molecule has 6 rings (SSSR count). The van der Waals surface area contributed by atoms with E-state index in [9.17, 15) is 24.0 Å². The first-order chi connectivity index (χ1) is 34.5. The number of hydrogen-bond donors (Lipinski definition) is 1. The molecule has 0 fully saturated rings. The molecule has 0 unspecified atom stereocenters. The van der Waals surface area contributed by atoms with Gasteiger partial charge in [0, 0.05) is 39.4 Å². The third-order valence-corrected chi connectivity index (χ3v) is 10.8. The highest BCUT2D eigenvalue weighted by molar-refractivity contribution is 6.06. The van der Waals surface area contributed by atoms with Crippen molar-refractivity contribution >= 4 is 63.3 Å². The Balaban J connectivity index is 1.23. The second-order valence-corrected chi connectivity index (χ2v) is 16.2. The van der Waals surface area contributed by atoms with Crippen LogP contribution in [0.3, 0.4) is 0 Å². The summed E-state index contributed by atoms with van der Waals surface area (Å²) in [5.41, 5.74) is 4.72. The SMILES string of the molecule is C=CC(=O)OCCCCCCOc1ccc(C(=O)Oc2cc(/C=N/Nc3cccc4ccccc34)c(OC(=O)c3ccc(OCCCCCCOC(=O)C=C)cc3)c3ccc(OC(=O)C(=C)C)cc23)cc1. The molecule has 0 radical (unpaired) electrons. The summed E-state index contributed by atoms with van der Waals surface area (Å²) in [7, 11) is 0. The number of nitrogens with one attached hydrogen (secondary N) is 1. The van der Waals surface area contributed by atoms with E-state index in [1.54, 1.807) is 54.6 Å². The van der Waals surface area contributed by atoms with Crippen LogP contribution in [0, 0.1) is 0 Å². The number of hydrogen-bond acceptors (Lipinski definition) is 14. The van der Waals surface area contributed by atoms with Gasteiger partial charge in [-0.15, -0.1) is 0 Å². The fraction of sp³-hybridized carbons (Fsp3) is 0.228. The van der Waals surface area contributed by atoms with Gasteiger partial charge in [0.2, 0.25) is 0 Å². The molecule has 0 bridgehead atoms. The molecule has 6 aromatic carbocycles. The van der Waals surface area contributed by atoms with Gasteiger partial charge < -0.3 is 33.2 Å². The number of fused-ring (bicyclic) bond motifs is 2. The van der Waals surface area contributed by atoms with E-state index in [2.05, 4.69) is 30.3 Å². The van der Waals surface area contributed by atoms with Gasteiger partial charge in [-0.1, -0.05) is 56.1 Å². The fourth-order valence-corrected chi connectivity index (χ4v) is 7.06. The molecule has 71 heavy (non-hydrogen) atoms. The zero-order valence-electron chi connectivity index (χ0n) is 39.7. The van der Waals surface area contributed by atoms with Gasteiger partial charge in [0.15, 0.2) is 0 Å². The van der Waals surface area contributed by atoms with Crippen LogP contribution in [0.2, 0.25) is 0 Å². The van der Waals surface area contributed by atoms with Gasteiger partial charge >= 0.3 is 29.8 Å². The minimum Gasteiger partial charge on any atom is -0.494 e. The van der Waals surface area contributed by atoms with Crippen molar-refractivity contribution in [2.24, 2.45) is 5.10 Å². The lowest BCUT2D eigenvalue weighted by Gasteiger charge is -2.16. The summed E-state index contributed by atoms with van der Waals surface area (Å²) in [6.45, 7) is 13.6. The van der Waals surface area contributed by atoms with E-state index >= 15 is 0 Å². The van der Waals surface area contributed by atoms with Gasteiger partial charge in [-0.2, -0.15) is 5.10 Å². The summed E-state index contributed by atoms with van der Waals surface area (Å²) in [5, 5.41) is 7.10. The van der Waals surface area contributed by atoms with Gasteiger partial charge in [0.1, 0.15) is 28.7 Å². The Morgan fingerprint density at radius 2 is 1.08 bits per heavy atom. The lowest BCUT2D eigenvalue weighted by molar-refractivity contribution is -0.138. The maximum absolute atomic E-state index is 14.0. The maximum atomic E-state index is 14.0. The predicted octanol–water partition coefficient (Wildman–Crippen LogP) is 11.7. The van der Waals surface area contributed by atoms with Gasteiger partial charge in [0.25, 0.3) is 0 Å². The zero-order chi connectivity index (χ0) is 50.4. The number of benzene rings is 6. The first-order valence-corrected chi connectivity index (χ1v) is 23.3. The van der Waals surface area contributed by atoms with Crippen LogP contribution in [0.4, 0.5) is 5.69 Å². The van der Waals surface area contributed by atoms with Crippen LogP contribution in [-0.4, -0.2) is 62.5 Å². The van der Waals surface area contributed by atoms with E-state index in [1.165, 1.54) is 31.3 Å². The van der Waals surface area contributed by atoms with E-state index in [0.29, 0.717) is 43.3 Å². The largest absolute Gasteiger partial charge is 0.494 e. The van der Waals surface area contributed by atoms with Crippen molar-refractivity contribution in [2.75, 3.05) is 31.9 Å². The highest BCUT2D eigenvalue weighted by Crippen LogP contribution is 2.40. The summed E-state index contributed by atoms with van der Waals surface area (Å²) < 4.78 is 39.7. The molecule has 6 aromatic rings. The first kappa shape index (κ1) is 51.9. The van der Waals surface area contributed by atoms with E-state index < -0.39 is 29.8 Å². The number of esters is 5. The highest BCUT2D eigenvalue weighted by Gasteiger charge is 2.22. The van der Waals surface area contributed by atoms with Crippen molar-refractivity contribution in [3.05, 3.63) is 169 Å². The molecule has 0 aliphatic carbocycles. The van der Waals surface area contributed by atoms with Gasteiger partial charge in [-0.3, -0.25) is 5.43 Å². The van der Waals surface area contributed by atoms with Crippen molar-refractivity contribution in [1.82, 2.24) is 0 Å². The Hall–Kier alpha value is -8.52. The smallest absolute Gasteiger partial charge is 0.343 e. The molecule has 0 aliphatic heterocycles. The lowest BCUT2D eigenvalue weighted by atomic mass is 10.0. The van der Waals surface area contributed by atoms with Crippen molar-refractivity contribution in [3.63, 3.8) is 0 Å². The summed E-state index contributed by atoms with van der Waals surface area (Å²) in [6, 6.07) is 32.8. The van der Waals surface area contributed by atoms with E-state index in [0.717, 1.165) is 80.0 Å². The van der Waals surface area contributed by atoms with Crippen molar-refractivity contribution in [3.8, 4) is 28.7 Å².